The minimum Gasteiger partial charge on any atom is -0.497 e. The second-order valence-corrected chi connectivity index (χ2v) is 25.1. The number of para-hydroxylation sites is 1. The molecule has 15 nitrogen and oxygen atoms in total. The molecule has 5 aliphatic rings. The van der Waals surface area contributed by atoms with Gasteiger partial charge < -0.3 is 62.5 Å². The first-order valence-corrected chi connectivity index (χ1v) is 32.2. The van der Waals surface area contributed by atoms with Gasteiger partial charge in [0.05, 0.1) is 33.7 Å². The number of piperazine rings is 1. The van der Waals surface area contributed by atoms with Crippen molar-refractivity contribution in [2.45, 2.75) is 117 Å². The highest BCUT2D eigenvalue weighted by atomic mass is 16.5. The van der Waals surface area contributed by atoms with E-state index < -0.39 is 11.6 Å². The van der Waals surface area contributed by atoms with Crippen LogP contribution in [-0.2, 0) is 25.2 Å². The number of rotatable bonds is 11. The van der Waals surface area contributed by atoms with Crippen LogP contribution in [0.15, 0.2) is 180 Å². The monoisotopic (exact) mass is 1230 g/mol. The van der Waals surface area contributed by atoms with Gasteiger partial charge in [0.15, 0.2) is 13.1 Å². The fourth-order valence-electron chi connectivity index (χ4n) is 13.2. The van der Waals surface area contributed by atoms with Crippen LogP contribution in [0.25, 0.3) is 21.5 Å². The third-order valence-electron chi connectivity index (χ3n) is 17.9. The van der Waals surface area contributed by atoms with E-state index in [-0.39, 0.29) is 36.2 Å². The van der Waals surface area contributed by atoms with Crippen molar-refractivity contribution < 1.29 is 28.4 Å². The maximum Gasteiger partial charge on any atom is 0.306 e. The van der Waals surface area contributed by atoms with Crippen molar-refractivity contribution in [3.63, 3.8) is 0 Å². The lowest BCUT2D eigenvalue weighted by molar-refractivity contribution is -0.537. The molecule has 478 valence electrons. The summed E-state index contributed by atoms with van der Waals surface area (Å²) in [6.07, 6.45) is 13.8. The number of benzene rings is 7. The average Bonchev–Trinajstić information content (AvgIpc) is 1.71. The van der Waals surface area contributed by atoms with Crippen molar-refractivity contribution in [2.75, 3.05) is 103 Å². The normalized spacial score (nSPS) is 19.3. The molecule has 1 unspecified atom stereocenters. The number of carbonyl (C=O) groups is 2. The third-order valence-corrected chi connectivity index (χ3v) is 17.9. The first kappa shape index (κ1) is 66.1. The van der Waals surface area contributed by atoms with E-state index in [1.165, 1.54) is 57.2 Å². The van der Waals surface area contributed by atoms with Gasteiger partial charge in [0, 0.05) is 120 Å². The molecule has 1 amide bonds. The van der Waals surface area contributed by atoms with E-state index in [0.29, 0.717) is 31.9 Å². The molecule has 7 aromatic carbocycles. The van der Waals surface area contributed by atoms with Crippen LogP contribution in [0.4, 0.5) is 45.5 Å². The number of hydrogen-bond donors (Lipinski definition) is 6. The second kappa shape index (κ2) is 28.6. The summed E-state index contributed by atoms with van der Waals surface area (Å²) in [5.74, 6) is 1.31. The first-order chi connectivity index (χ1) is 43.7. The standard InChI is InChI=1S/C57H70N7O5.C10H10N2.C6H7N.C3H8/c1-10-63-47-24-20-39(67-8)34-42(47)55(3,4)49(63)26-18-37-14-12-15-38(19-27-50-56(5,6)43-35-40(68-9)21-25-48(43)64(50)11-2)54(37)62-32-30-61(31-33-62)51(65)28-29-52(66)69-36-57(7)59-45-17-13-16-41-44(58)22-23-46(60-57)53(41)45;11-9-5-6-10(12)8-4-2-1-3-7(8)9;7-6-4-2-1-3-5-6;1-3-2/h13,16-27,34-35,59-60H,10-12,14-15,28-33,36,58H2,1-9H3;1-6H,11-12H2;1-5H,7H2;3H2,1-2H3/q+1;;;. The van der Waals surface area contributed by atoms with Crippen molar-refractivity contribution in [3.05, 3.63) is 191 Å². The number of nitrogens with zero attached hydrogens (tertiary/aromatic N) is 4. The number of esters is 1. The van der Waals surface area contributed by atoms with Gasteiger partial charge in [0.25, 0.3) is 0 Å². The Morgan fingerprint density at radius 2 is 1.04 bits per heavy atom. The third kappa shape index (κ3) is 14.3. The Kier molecular flexibility index (Phi) is 20.8. The zero-order valence-electron chi connectivity index (χ0n) is 55.3. The van der Waals surface area contributed by atoms with Gasteiger partial charge in [-0.15, -0.1) is 0 Å². The molecule has 15 heteroatoms. The Morgan fingerprint density at radius 1 is 0.571 bits per heavy atom. The summed E-state index contributed by atoms with van der Waals surface area (Å²) in [5.41, 5.74) is 38.3. The quantitative estimate of drug-likeness (QED) is 0.0406. The Bertz CT molecular complexity index is 3780. The van der Waals surface area contributed by atoms with Gasteiger partial charge in [-0.25, -0.2) is 4.58 Å². The Labute approximate surface area is 539 Å². The fraction of sp³-hybridized carbons (Fsp3) is 0.355. The molecule has 1 saturated heterocycles. The smallest absolute Gasteiger partial charge is 0.306 e. The average molecular weight is 1230 g/mol. The lowest BCUT2D eigenvalue weighted by Crippen LogP contribution is -2.49. The molecular weight excluding hydrogens is 1130 g/mol. The van der Waals surface area contributed by atoms with Crippen LogP contribution in [0.3, 0.4) is 0 Å². The van der Waals surface area contributed by atoms with Gasteiger partial charge in [-0.1, -0.05) is 115 Å². The molecule has 10 N–H and O–H groups in total. The summed E-state index contributed by atoms with van der Waals surface area (Å²) in [5, 5.41) is 11.0. The zero-order chi connectivity index (χ0) is 65.2. The van der Waals surface area contributed by atoms with Crippen LogP contribution in [0.5, 0.6) is 11.5 Å². The van der Waals surface area contributed by atoms with Gasteiger partial charge in [-0.2, -0.15) is 0 Å². The van der Waals surface area contributed by atoms with Crippen molar-refractivity contribution in [3.8, 4) is 11.5 Å². The molecule has 0 bridgehead atoms. The van der Waals surface area contributed by atoms with E-state index in [1.807, 2.05) is 109 Å². The van der Waals surface area contributed by atoms with E-state index in [1.54, 1.807) is 14.2 Å². The van der Waals surface area contributed by atoms with Crippen LogP contribution in [0, 0.1) is 0 Å². The predicted octanol–water partition coefficient (Wildman–Crippen LogP) is 14.7. The SMILES string of the molecule is CCC.CCN1/C(=C/C=C2\CCC/C(=C\C=C3\N(CC)c4ccc(OC)cc4C3(C)C)C2=[N+]2CCN(C(=O)CCC(=O)OCC3(C)Nc4cccc5c(N)ccc(c45)N3)CC2)C(C)(C)c2cc(OC)ccc21.Nc1ccc(N)c2ccccc12.Nc1ccccc1. The highest BCUT2D eigenvalue weighted by Crippen LogP contribution is 2.51. The molecule has 4 heterocycles. The van der Waals surface area contributed by atoms with Crippen LogP contribution in [-0.4, -0.2) is 92.8 Å². The van der Waals surface area contributed by atoms with Crippen LogP contribution in [0.2, 0.25) is 0 Å². The maximum atomic E-state index is 13.8. The van der Waals surface area contributed by atoms with Crippen LogP contribution in [0.1, 0.15) is 112 Å². The Hall–Kier alpha value is -9.37. The summed E-state index contributed by atoms with van der Waals surface area (Å²) in [4.78, 5) is 33.7. The number of anilines is 8. The minimum absolute atomic E-state index is 0.0157. The summed E-state index contributed by atoms with van der Waals surface area (Å²) < 4.78 is 19.6. The van der Waals surface area contributed by atoms with E-state index in [0.717, 1.165) is 93.8 Å². The first-order valence-electron chi connectivity index (χ1n) is 32.2. The lowest BCUT2D eigenvalue weighted by atomic mass is 9.82. The highest BCUT2D eigenvalue weighted by Gasteiger charge is 2.42. The van der Waals surface area contributed by atoms with Gasteiger partial charge in [0.2, 0.25) is 11.6 Å². The molecule has 0 spiro atoms. The van der Waals surface area contributed by atoms with Crippen LogP contribution < -0.4 is 52.8 Å². The largest absolute Gasteiger partial charge is 0.497 e. The zero-order valence-corrected chi connectivity index (χ0v) is 55.3. The van der Waals surface area contributed by atoms with Crippen molar-refractivity contribution in [1.82, 2.24) is 4.90 Å². The van der Waals surface area contributed by atoms with Crippen molar-refractivity contribution >= 4 is 84.6 Å². The molecule has 4 aliphatic heterocycles. The second-order valence-electron chi connectivity index (χ2n) is 25.1. The summed E-state index contributed by atoms with van der Waals surface area (Å²) in [6, 6.07) is 43.7. The van der Waals surface area contributed by atoms with Crippen LogP contribution >= 0.6 is 0 Å². The number of nitrogens with one attached hydrogen (secondary N) is 2. The van der Waals surface area contributed by atoms with Gasteiger partial charge in [0.1, 0.15) is 23.8 Å². The molecule has 12 rings (SSSR count). The fourth-order valence-corrected chi connectivity index (χ4v) is 13.2. The van der Waals surface area contributed by atoms with Gasteiger partial charge in [-0.05, 0) is 142 Å². The number of methoxy groups -OCH3 is 2. The number of amides is 1. The summed E-state index contributed by atoms with van der Waals surface area (Å²) in [7, 11) is 3.46. The summed E-state index contributed by atoms with van der Waals surface area (Å²) >= 11 is 0. The number of hydrogen-bond acceptors (Lipinski definition) is 13. The number of likely N-dealkylation sites (N-methyl/N-ethyl adjacent to an activating group) is 2. The van der Waals surface area contributed by atoms with Crippen molar-refractivity contribution in [1.29, 1.82) is 0 Å². The van der Waals surface area contributed by atoms with E-state index in [9.17, 15) is 9.59 Å². The van der Waals surface area contributed by atoms with E-state index in [2.05, 4.69) is 141 Å². The lowest BCUT2D eigenvalue weighted by Gasteiger charge is -2.38. The maximum absolute atomic E-state index is 13.8. The molecule has 0 radical (unpaired) electrons. The molecule has 1 saturated carbocycles. The molecule has 1 atom stereocenters. The molecule has 0 aromatic heterocycles. The molecule has 91 heavy (non-hydrogen) atoms. The highest BCUT2D eigenvalue weighted by molar-refractivity contribution is 6.11. The Morgan fingerprint density at radius 3 is 1.53 bits per heavy atom. The van der Waals surface area contributed by atoms with E-state index in [4.69, 9.17) is 37.1 Å². The number of allylic oxidation sites excluding steroid dienone is 8. The minimum atomic E-state index is -0.735. The summed E-state index contributed by atoms with van der Waals surface area (Å²) in [6.45, 7) is 24.2. The topological polar surface area (TPSA) is 203 Å². The Balaban J connectivity index is 0.000000373. The molecule has 2 fully saturated rings. The number of ether oxygens (including phenoxy) is 3. The number of nitrogen functional groups attached to an aromatic ring is 4. The number of carbonyl (C=O) groups excluding carboxylic acids is 2. The molecular formula is C76H95N10O5+. The van der Waals surface area contributed by atoms with Gasteiger partial charge >= 0.3 is 5.97 Å². The predicted molar refractivity (Wildman–Crippen MR) is 380 cm³/mol. The number of fused-ring (bicyclic) bond motifs is 3. The number of nitrogens with two attached hydrogens (primary N) is 4. The van der Waals surface area contributed by atoms with E-state index >= 15 is 0 Å². The molecule has 7 aromatic rings. The van der Waals surface area contributed by atoms with Crippen molar-refractivity contribution in [2.24, 2.45) is 0 Å². The molecule has 1 aliphatic carbocycles. The van der Waals surface area contributed by atoms with Gasteiger partial charge in [-0.3, -0.25) is 9.59 Å².